The largest absolute Gasteiger partial charge is 0.503 e. The van der Waals surface area contributed by atoms with Crippen molar-refractivity contribution in [2.45, 2.75) is 0 Å². The number of hydrogen-bond acceptors (Lipinski definition) is 6. The smallest absolute Gasteiger partial charge is 0.331 e. The Kier molecular flexibility index (Phi) is 8.14. The van der Waals surface area contributed by atoms with Crippen molar-refractivity contribution in [3.63, 3.8) is 0 Å². The fraction of sp³-hybridized carbons (Fsp3) is 0.333. The summed E-state index contributed by atoms with van der Waals surface area (Å²) in [6.45, 7) is 0.372. The van der Waals surface area contributed by atoms with Crippen molar-refractivity contribution >= 4 is 33.9 Å². The Hall–Kier alpha value is -2.06. The van der Waals surface area contributed by atoms with E-state index in [1.165, 1.54) is 26.4 Å². The molecule has 0 heterocycles. The Labute approximate surface area is 142 Å². The lowest BCUT2D eigenvalue weighted by molar-refractivity contribution is -0.143. The molecule has 0 radical (unpaired) electrons. The van der Waals surface area contributed by atoms with Gasteiger partial charge in [-0.1, -0.05) is 0 Å². The lowest BCUT2D eigenvalue weighted by Gasteiger charge is -2.06. The number of halogens is 1. The van der Waals surface area contributed by atoms with Gasteiger partial charge in [-0.25, -0.2) is 4.79 Å². The minimum Gasteiger partial charge on any atom is -0.503 e. The fourth-order valence-corrected chi connectivity index (χ4v) is 2.00. The number of esters is 1. The maximum Gasteiger partial charge on any atom is 0.331 e. The van der Waals surface area contributed by atoms with Crippen LogP contribution in [0.2, 0.25) is 0 Å². The number of ether oxygens (including phenoxy) is 3. The standard InChI is InChI=1S/C15H18BrNO6/c1-21-6-5-17-13(18)9-23-14(19)4-3-10-7-11(16)15(20)12(8-10)22-2/h3-4,7-8,20H,5-6,9H2,1-2H3,(H,17,18)/b4-3+. The van der Waals surface area contributed by atoms with Crippen LogP contribution in [0.1, 0.15) is 5.56 Å². The first-order chi connectivity index (χ1) is 11.0. The number of hydrogen-bond donors (Lipinski definition) is 2. The zero-order chi connectivity index (χ0) is 17.2. The zero-order valence-corrected chi connectivity index (χ0v) is 14.4. The van der Waals surface area contributed by atoms with Crippen molar-refractivity contribution in [2.75, 3.05) is 34.0 Å². The Morgan fingerprint density at radius 2 is 2.09 bits per heavy atom. The van der Waals surface area contributed by atoms with E-state index in [-0.39, 0.29) is 18.1 Å². The molecule has 0 fully saturated rings. The molecule has 1 amide bonds. The van der Waals surface area contributed by atoms with E-state index < -0.39 is 11.9 Å². The second-order valence-electron chi connectivity index (χ2n) is 4.34. The summed E-state index contributed by atoms with van der Waals surface area (Å²) in [5.41, 5.74) is 0.619. The average molecular weight is 388 g/mol. The first-order valence-corrected chi connectivity index (χ1v) is 7.44. The summed E-state index contributed by atoms with van der Waals surface area (Å²) in [7, 11) is 2.94. The van der Waals surface area contributed by atoms with Gasteiger partial charge in [0, 0.05) is 19.7 Å². The SMILES string of the molecule is COCCNC(=O)COC(=O)/C=C/c1cc(Br)c(O)c(OC)c1. The molecular weight excluding hydrogens is 370 g/mol. The molecule has 0 bridgehead atoms. The molecule has 1 aromatic rings. The van der Waals surface area contributed by atoms with Crippen LogP contribution in [0.25, 0.3) is 6.08 Å². The van der Waals surface area contributed by atoms with Crippen LogP contribution in [0.15, 0.2) is 22.7 Å². The van der Waals surface area contributed by atoms with Crippen LogP contribution in [0.5, 0.6) is 11.5 Å². The Morgan fingerprint density at radius 1 is 1.35 bits per heavy atom. The summed E-state index contributed by atoms with van der Waals surface area (Å²) in [4.78, 5) is 22.9. The summed E-state index contributed by atoms with van der Waals surface area (Å²) >= 11 is 3.18. The number of carbonyl (C=O) groups excluding carboxylic acids is 2. The number of phenolic OH excluding ortho intramolecular Hbond substituents is 1. The quantitative estimate of drug-likeness (QED) is 0.398. The topological polar surface area (TPSA) is 94.1 Å². The van der Waals surface area contributed by atoms with Crippen LogP contribution in [0, 0.1) is 0 Å². The van der Waals surface area contributed by atoms with Crippen LogP contribution >= 0.6 is 15.9 Å². The number of amides is 1. The van der Waals surface area contributed by atoms with Gasteiger partial charge in [0.25, 0.3) is 5.91 Å². The molecular formula is C15H18BrNO6. The molecule has 7 nitrogen and oxygen atoms in total. The van der Waals surface area contributed by atoms with E-state index in [1.54, 1.807) is 12.1 Å². The van der Waals surface area contributed by atoms with Crippen LogP contribution in [0.4, 0.5) is 0 Å². The minimum atomic E-state index is -0.657. The number of rotatable bonds is 8. The number of carbonyl (C=O) groups is 2. The van der Waals surface area contributed by atoms with Gasteiger partial charge in [0.05, 0.1) is 18.2 Å². The van der Waals surface area contributed by atoms with Crippen LogP contribution in [-0.2, 0) is 19.1 Å². The van der Waals surface area contributed by atoms with Crippen molar-refractivity contribution in [3.8, 4) is 11.5 Å². The predicted octanol–water partition coefficient (Wildman–Crippen LogP) is 1.48. The Bertz CT molecular complexity index is 588. The van der Waals surface area contributed by atoms with Gasteiger partial charge in [-0.3, -0.25) is 4.79 Å². The maximum absolute atomic E-state index is 11.6. The first-order valence-electron chi connectivity index (χ1n) is 6.65. The van der Waals surface area contributed by atoms with Crippen molar-refractivity contribution in [3.05, 3.63) is 28.2 Å². The number of benzene rings is 1. The molecule has 0 unspecified atom stereocenters. The van der Waals surface area contributed by atoms with Gasteiger partial charge in [-0.15, -0.1) is 0 Å². The van der Waals surface area contributed by atoms with Crippen molar-refractivity contribution in [1.29, 1.82) is 0 Å². The van der Waals surface area contributed by atoms with Gasteiger partial charge >= 0.3 is 5.97 Å². The zero-order valence-electron chi connectivity index (χ0n) is 12.8. The second kappa shape index (κ2) is 9.86. The average Bonchev–Trinajstić information content (AvgIpc) is 2.54. The molecule has 2 N–H and O–H groups in total. The molecule has 0 saturated heterocycles. The van der Waals surface area contributed by atoms with E-state index in [0.717, 1.165) is 0 Å². The number of methoxy groups -OCH3 is 2. The minimum absolute atomic E-state index is 0.0278. The highest BCUT2D eigenvalue weighted by Crippen LogP contribution is 2.35. The summed E-state index contributed by atoms with van der Waals surface area (Å²) in [6, 6.07) is 3.17. The van der Waals surface area contributed by atoms with Crippen molar-refractivity contribution in [2.24, 2.45) is 0 Å². The third kappa shape index (κ3) is 6.70. The van der Waals surface area contributed by atoms with Gasteiger partial charge in [-0.05, 0) is 39.7 Å². The first kappa shape index (κ1) is 19.0. The van der Waals surface area contributed by atoms with Gasteiger partial charge in [0.15, 0.2) is 18.1 Å². The Balaban J connectivity index is 2.52. The van der Waals surface area contributed by atoms with Gasteiger partial charge in [-0.2, -0.15) is 0 Å². The lowest BCUT2D eigenvalue weighted by Crippen LogP contribution is -2.31. The number of nitrogens with one attached hydrogen (secondary N) is 1. The highest BCUT2D eigenvalue weighted by Gasteiger charge is 2.08. The fourth-order valence-electron chi connectivity index (χ4n) is 1.54. The van der Waals surface area contributed by atoms with E-state index in [0.29, 0.717) is 23.2 Å². The van der Waals surface area contributed by atoms with Crippen molar-refractivity contribution in [1.82, 2.24) is 5.32 Å². The summed E-state index contributed by atoms with van der Waals surface area (Å²) in [6.07, 6.45) is 2.67. The highest BCUT2D eigenvalue weighted by atomic mass is 79.9. The molecule has 0 aromatic heterocycles. The molecule has 23 heavy (non-hydrogen) atoms. The van der Waals surface area contributed by atoms with Gasteiger partial charge < -0.3 is 24.6 Å². The molecule has 8 heteroatoms. The molecule has 126 valence electrons. The number of phenols is 1. The monoisotopic (exact) mass is 387 g/mol. The summed E-state index contributed by atoms with van der Waals surface area (Å²) in [5, 5.41) is 12.2. The van der Waals surface area contributed by atoms with Crippen LogP contribution in [0.3, 0.4) is 0 Å². The van der Waals surface area contributed by atoms with Gasteiger partial charge in [0.2, 0.25) is 0 Å². The molecule has 0 spiro atoms. The van der Waals surface area contributed by atoms with Crippen molar-refractivity contribution < 1.29 is 28.9 Å². The van der Waals surface area contributed by atoms with Crippen LogP contribution < -0.4 is 10.1 Å². The molecule has 0 saturated carbocycles. The highest BCUT2D eigenvalue weighted by molar-refractivity contribution is 9.10. The molecule has 0 aliphatic carbocycles. The van der Waals surface area contributed by atoms with E-state index >= 15 is 0 Å². The number of aromatic hydroxyl groups is 1. The molecule has 0 aliphatic rings. The normalized spacial score (nSPS) is 10.6. The third-order valence-electron chi connectivity index (χ3n) is 2.66. The Morgan fingerprint density at radius 3 is 2.74 bits per heavy atom. The molecule has 1 rings (SSSR count). The van der Waals surface area contributed by atoms with Crippen LogP contribution in [-0.4, -0.2) is 51.0 Å². The van der Waals surface area contributed by atoms with Gasteiger partial charge in [0.1, 0.15) is 0 Å². The van der Waals surface area contributed by atoms with E-state index in [4.69, 9.17) is 14.2 Å². The predicted molar refractivity (Wildman–Crippen MR) is 87.2 cm³/mol. The summed E-state index contributed by atoms with van der Waals surface area (Å²) < 4.78 is 15.0. The molecule has 0 atom stereocenters. The maximum atomic E-state index is 11.6. The second-order valence-corrected chi connectivity index (χ2v) is 5.19. The lowest BCUT2D eigenvalue weighted by atomic mass is 10.2. The molecule has 0 aliphatic heterocycles. The van der Waals surface area contributed by atoms with E-state index in [9.17, 15) is 14.7 Å². The summed E-state index contributed by atoms with van der Waals surface area (Å²) in [5.74, 6) is -0.822. The third-order valence-corrected chi connectivity index (χ3v) is 3.26. The molecule has 1 aromatic carbocycles. The van der Waals surface area contributed by atoms with E-state index in [2.05, 4.69) is 21.2 Å². The van der Waals surface area contributed by atoms with E-state index in [1.807, 2.05) is 0 Å².